The molecule has 1 aromatic rings. The molecule has 6 nitrogen and oxygen atoms in total. The highest BCUT2D eigenvalue weighted by molar-refractivity contribution is 9.11. The van der Waals surface area contributed by atoms with Gasteiger partial charge in [-0.15, -0.1) is 0 Å². The normalized spacial score (nSPS) is 11.0. The number of methoxy groups -OCH3 is 1. The lowest BCUT2D eigenvalue weighted by Gasteiger charge is -2.07. The Labute approximate surface area is 159 Å². The van der Waals surface area contributed by atoms with E-state index in [4.69, 9.17) is 10.5 Å². The fourth-order valence-corrected chi connectivity index (χ4v) is 3.45. The molecule has 0 saturated heterocycles. The Kier molecular flexibility index (Phi) is 10.9. The number of amides is 1. The van der Waals surface area contributed by atoms with Crippen molar-refractivity contribution < 1.29 is 9.53 Å². The van der Waals surface area contributed by atoms with E-state index in [2.05, 4.69) is 47.8 Å². The van der Waals surface area contributed by atoms with E-state index in [0.29, 0.717) is 13.1 Å². The van der Waals surface area contributed by atoms with E-state index in [-0.39, 0.29) is 5.91 Å². The summed E-state index contributed by atoms with van der Waals surface area (Å²) < 4.78 is 6.90. The summed E-state index contributed by atoms with van der Waals surface area (Å²) in [6.07, 6.45) is 3.28. The van der Waals surface area contributed by atoms with Gasteiger partial charge in [-0.3, -0.25) is 4.79 Å². The van der Waals surface area contributed by atoms with Crippen LogP contribution in [0.15, 0.2) is 27.2 Å². The van der Waals surface area contributed by atoms with Crippen LogP contribution in [0.25, 0.3) is 6.08 Å². The minimum absolute atomic E-state index is 0.124. The molecule has 0 radical (unpaired) electrons. The Balaban J connectivity index is 2.29. The molecule has 1 amide bonds. The highest BCUT2D eigenvalue weighted by Crippen LogP contribution is 2.34. The van der Waals surface area contributed by atoms with Gasteiger partial charge in [0.2, 0.25) is 5.91 Å². The van der Waals surface area contributed by atoms with Crippen molar-refractivity contribution in [3.63, 3.8) is 0 Å². The number of benzene rings is 1. The second kappa shape index (κ2) is 12.4. The van der Waals surface area contributed by atoms with Crippen molar-refractivity contribution in [2.45, 2.75) is 0 Å². The van der Waals surface area contributed by atoms with Crippen LogP contribution in [0.1, 0.15) is 5.56 Å². The van der Waals surface area contributed by atoms with Gasteiger partial charge in [0.1, 0.15) is 5.75 Å². The third kappa shape index (κ3) is 8.25. The van der Waals surface area contributed by atoms with Crippen molar-refractivity contribution >= 4 is 43.8 Å². The van der Waals surface area contributed by atoms with E-state index < -0.39 is 0 Å². The third-order valence-electron chi connectivity index (χ3n) is 3.05. The maximum atomic E-state index is 11.8. The van der Waals surface area contributed by atoms with E-state index in [1.54, 1.807) is 13.2 Å². The molecule has 1 rings (SSSR count). The number of hydrogen-bond donors (Lipinski definition) is 4. The zero-order valence-electron chi connectivity index (χ0n) is 13.7. The topological polar surface area (TPSA) is 88.4 Å². The second-order valence-corrected chi connectivity index (χ2v) is 6.64. The number of carbonyl (C=O) groups is 1. The average molecular weight is 464 g/mol. The Morgan fingerprint density at radius 2 is 1.71 bits per heavy atom. The van der Waals surface area contributed by atoms with Crippen LogP contribution in [0.3, 0.4) is 0 Å². The van der Waals surface area contributed by atoms with Crippen LogP contribution in [-0.4, -0.2) is 52.3 Å². The molecule has 0 fully saturated rings. The summed E-state index contributed by atoms with van der Waals surface area (Å²) >= 11 is 6.87. The van der Waals surface area contributed by atoms with E-state index in [0.717, 1.165) is 46.4 Å². The van der Waals surface area contributed by atoms with Crippen LogP contribution in [0.2, 0.25) is 0 Å². The summed E-state index contributed by atoms with van der Waals surface area (Å²) in [7, 11) is 1.61. The molecule has 0 aromatic heterocycles. The van der Waals surface area contributed by atoms with Crippen LogP contribution >= 0.6 is 31.9 Å². The predicted octanol–water partition coefficient (Wildman–Crippen LogP) is 1.49. The van der Waals surface area contributed by atoms with Gasteiger partial charge in [-0.1, -0.05) is 0 Å². The van der Waals surface area contributed by atoms with Crippen LogP contribution < -0.4 is 26.4 Å². The molecule has 0 spiro atoms. The number of hydrogen-bond acceptors (Lipinski definition) is 5. The number of rotatable bonds is 11. The Morgan fingerprint density at radius 3 is 2.29 bits per heavy atom. The van der Waals surface area contributed by atoms with Crippen molar-refractivity contribution in [1.29, 1.82) is 0 Å². The van der Waals surface area contributed by atoms with Crippen molar-refractivity contribution in [1.82, 2.24) is 16.0 Å². The molecule has 0 saturated carbocycles. The minimum Gasteiger partial charge on any atom is -0.494 e. The molecule has 0 aliphatic carbocycles. The predicted molar refractivity (Wildman–Crippen MR) is 105 cm³/mol. The molecule has 0 atom stereocenters. The number of halogens is 2. The zero-order chi connectivity index (χ0) is 17.8. The number of ether oxygens (including phenoxy) is 1. The van der Waals surface area contributed by atoms with Crippen molar-refractivity contribution in [2.24, 2.45) is 5.73 Å². The maximum Gasteiger partial charge on any atom is 0.244 e. The first kappa shape index (κ1) is 21.1. The molecule has 0 aliphatic rings. The molecule has 8 heteroatoms. The van der Waals surface area contributed by atoms with Gasteiger partial charge >= 0.3 is 0 Å². The van der Waals surface area contributed by atoms with Crippen molar-refractivity contribution in [3.8, 4) is 5.75 Å². The smallest absolute Gasteiger partial charge is 0.244 e. The summed E-state index contributed by atoms with van der Waals surface area (Å²) in [4.78, 5) is 11.8. The second-order valence-electron chi connectivity index (χ2n) is 4.93. The van der Waals surface area contributed by atoms with Gasteiger partial charge in [0.05, 0.1) is 16.1 Å². The Bertz CT molecular complexity index is 530. The SMILES string of the molecule is COc1c(Br)cc(/C=C/C(=O)NCCNCCNCCN)cc1Br. The number of carbonyl (C=O) groups excluding carboxylic acids is 1. The quantitative estimate of drug-likeness (QED) is 0.295. The molecule has 24 heavy (non-hydrogen) atoms. The van der Waals surface area contributed by atoms with E-state index >= 15 is 0 Å². The van der Waals surface area contributed by atoms with Crippen LogP contribution in [0.4, 0.5) is 0 Å². The van der Waals surface area contributed by atoms with Gasteiger partial charge in [0, 0.05) is 45.3 Å². The molecule has 0 heterocycles. The molecular weight excluding hydrogens is 440 g/mol. The summed E-state index contributed by atoms with van der Waals surface area (Å²) in [5.41, 5.74) is 6.27. The van der Waals surface area contributed by atoms with Crippen LogP contribution in [0.5, 0.6) is 5.75 Å². The summed E-state index contributed by atoms with van der Waals surface area (Å²) in [5.74, 6) is 0.602. The minimum atomic E-state index is -0.124. The van der Waals surface area contributed by atoms with Gasteiger partial charge in [-0.25, -0.2) is 0 Å². The molecule has 0 bridgehead atoms. The van der Waals surface area contributed by atoms with Crippen LogP contribution in [-0.2, 0) is 4.79 Å². The first-order chi connectivity index (χ1) is 11.6. The molecule has 1 aromatic carbocycles. The molecular formula is C16H24Br2N4O2. The molecule has 0 aliphatic heterocycles. The highest BCUT2D eigenvalue weighted by Gasteiger charge is 2.06. The first-order valence-electron chi connectivity index (χ1n) is 7.69. The van der Waals surface area contributed by atoms with Gasteiger partial charge in [-0.05, 0) is 55.6 Å². The Morgan fingerprint density at radius 1 is 1.12 bits per heavy atom. The monoisotopic (exact) mass is 462 g/mol. The summed E-state index contributed by atoms with van der Waals surface area (Å²) in [6, 6.07) is 3.78. The third-order valence-corrected chi connectivity index (χ3v) is 4.23. The molecule has 5 N–H and O–H groups in total. The Hall–Kier alpha value is -0.930. The van der Waals surface area contributed by atoms with Gasteiger partial charge in [-0.2, -0.15) is 0 Å². The van der Waals surface area contributed by atoms with E-state index in [1.165, 1.54) is 6.08 Å². The standard InChI is InChI=1S/C16H24Br2N4O2/c1-24-16-13(17)10-12(11-14(16)18)2-3-15(23)22-9-8-21-7-6-20-5-4-19/h2-3,10-11,20-21H,4-9,19H2,1H3,(H,22,23)/b3-2+. The summed E-state index contributed by atoms with van der Waals surface area (Å²) in [5, 5.41) is 9.25. The van der Waals surface area contributed by atoms with Crippen molar-refractivity contribution in [3.05, 3.63) is 32.7 Å². The fraction of sp³-hybridized carbons (Fsp3) is 0.438. The average Bonchev–Trinajstić information content (AvgIpc) is 2.55. The summed E-state index contributed by atoms with van der Waals surface area (Å²) in [6.45, 7) is 4.48. The van der Waals surface area contributed by atoms with Gasteiger partial charge < -0.3 is 26.4 Å². The number of nitrogens with two attached hydrogens (primary N) is 1. The van der Waals surface area contributed by atoms with Crippen LogP contribution in [0, 0.1) is 0 Å². The lowest BCUT2D eigenvalue weighted by Crippen LogP contribution is -2.35. The van der Waals surface area contributed by atoms with E-state index in [1.807, 2.05) is 12.1 Å². The first-order valence-corrected chi connectivity index (χ1v) is 9.27. The molecule has 134 valence electrons. The fourth-order valence-electron chi connectivity index (χ4n) is 1.90. The lowest BCUT2D eigenvalue weighted by molar-refractivity contribution is -0.116. The highest BCUT2D eigenvalue weighted by atomic mass is 79.9. The van der Waals surface area contributed by atoms with Gasteiger partial charge in [0.15, 0.2) is 0 Å². The largest absolute Gasteiger partial charge is 0.494 e. The zero-order valence-corrected chi connectivity index (χ0v) is 16.9. The lowest BCUT2D eigenvalue weighted by atomic mass is 10.2. The van der Waals surface area contributed by atoms with Crippen molar-refractivity contribution in [2.75, 3.05) is 46.4 Å². The maximum absolute atomic E-state index is 11.8. The molecule has 0 unspecified atom stereocenters. The van der Waals surface area contributed by atoms with Gasteiger partial charge in [0.25, 0.3) is 0 Å². The van der Waals surface area contributed by atoms with E-state index in [9.17, 15) is 4.79 Å². The number of nitrogens with one attached hydrogen (secondary N) is 3.